The summed E-state index contributed by atoms with van der Waals surface area (Å²) in [5, 5.41) is 16.1. The molecule has 2 saturated heterocycles. The maximum atomic E-state index is 14.2. The molecule has 0 aromatic heterocycles. The largest absolute Gasteiger partial charge is 0.508 e. The second-order valence-electron chi connectivity index (χ2n) is 11.7. The van der Waals surface area contributed by atoms with Crippen LogP contribution in [-0.4, -0.2) is 86.9 Å². The Bertz CT molecular complexity index is 1560. The number of aromatic hydroxyl groups is 1. The van der Waals surface area contributed by atoms with E-state index in [-0.39, 0.29) is 61.9 Å². The lowest BCUT2D eigenvalue weighted by Gasteiger charge is -2.55. The van der Waals surface area contributed by atoms with Gasteiger partial charge >= 0.3 is 0 Å². The number of carbonyl (C=O) groups is 4. The molecule has 0 saturated carbocycles. The van der Waals surface area contributed by atoms with E-state index in [1.807, 2.05) is 43.3 Å². The van der Waals surface area contributed by atoms with Crippen LogP contribution in [0.25, 0.3) is 0 Å². The second kappa shape index (κ2) is 14.9. The molecule has 0 spiro atoms. The number of phenolic OH excluding ortho intramolecular Hbond substituents is 1. The van der Waals surface area contributed by atoms with Gasteiger partial charge in [-0.15, -0.1) is 6.58 Å². The number of amides is 4. The summed E-state index contributed by atoms with van der Waals surface area (Å²) in [6, 6.07) is 22.6. The summed E-state index contributed by atoms with van der Waals surface area (Å²) in [7, 11) is 0. The monoisotopic (exact) mass is 623 g/mol. The number of phenols is 1. The Morgan fingerprint density at radius 1 is 0.978 bits per heavy atom. The molecular formula is C36H41N5O5. The van der Waals surface area contributed by atoms with Crippen LogP contribution in [0.5, 0.6) is 5.75 Å². The highest BCUT2D eigenvalue weighted by Crippen LogP contribution is 2.30. The van der Waals surface area contributed by atoms with E-state index in [4.69, 9.17) is 0 Å². The zero-order valence-corrected chi connectivity index (χ0v) is 26.2. The highest BCUT2D eigenvalue weighted by Gasteiger charge is 2.51. The first-order chi connectivity index (χ1) is 22.3. The average molecular weight is 624 g/mol. The van der Waals surface area contributed by atoms with Gasteiger partial charge < -0.3 is 20.2 Å². The van der Waals surface area contributed by atoms with Gasteiger partial charge in [0.15, 0.2) is 0 Å². The van der Waals surface area contributed by atoms with Crippen LogP contribution in [0.1, 0.15) is 46.8 Å². The molecule has 3 aromatic carbocycles. The van der Waals surface area contributed by atoms with Crippen molar-refractivity contribution >= 4 is 23.6 Å². The Balaban J connectivity index is 1.48. The Morgan fingerprint density at radius 3 is 2.43 bits per heavy atom. The summed E-state index contributed by atoms with van der Waals surface area (Å²) < 4.78 is 0. The lowest BCUT2D eigenvalue weighted by Crippen LogP contribution is -2.75. The van der Waals surface area contributed by atoms with Gasteiger partial charge in [0.1, 0.15) is 18.0 Å². The third-order valence-corrected chi connectivity index (χ3v) is 8.36. The fourth-order valence-electron chi connectivity index (χ4n) is 6.14. The molecule has 0 radical (unpaired) electrons. The molecule has 240 valence electrons. The van der Waals surface area contributed by atoms with E-state index in [2.05, 4.69) is 11.9 Å². The lowest BCUT2D eigenvalue weighted by molar-refractivity contribution is -0.205. The number of carbonyl (C=O) groups excluding carboxylic acids is 4. The quantitative estimate of drug-likeness (QED) is 0.299. The summed E-state index contributed by atoms with van der Waals surface area (Å²) in [6.45, 7) is 6.93. The second-order valence-corrected chi connectivity index (χ2v) is 11.7. The molecule has 46 heavy (non-hydrogen) atoms. The van der Waals surface area contributed by atoms with Crippen LogP contribution in [-0.2, 0) is 33.8 Å². The van der Waals surface area contributed by atoms with E-state index in [9.17, 15) is 24.3 Å². The van der Waals surface area contributed by atoms with E-state index < -0.39 is 12.2 Å². The summed E-state index contributed by atoms with van der Waals surface area (Å²) in [5.41, 5.74) is 3.07. The third-order valence-electron chi connectivity index (χ3n) is 8.36. The van der Waals surface area contributed by atoms with Crippen molar-refractivity contribution in [3.8, 4) is 5.75 Å². The molecule has 4 amide bonds. The average Bonchev–Trinajstić information content (AvgIpc) is 3.06. The Morgan fingerprint density at radius 2 is 1.72 bits per heavy atom. The molecule has 2 aliphatic rings. The molecule has 10 nitrogen and oxygen atoms in total. The summed E-state index contributed by atoms with van der Waals surface area (Å²) >= 11 is 0. The standard InChI is InChI=1S/C36H41N5O5/c1-3-19-37-35(45)29-12-8-11-28(21-29)23-38-24-32-40(31(36(38)46)22-27-13-16-30(42)17-14-27)34(44)25-39(20-4-2)41(32)33(43)18-15-26-9-6-5-7-10-26/h4-14,16-17,21,31-32,42H,2-3,15,18-20,22-25H2,1H3,(H,37,45)/t31-,32-/m0/s1. The zero-order chi connectivity index (χ0) is 32.6. The van der Waals surface area contributed by atoms with Gasteiger partial charge in [-0.2, -0.15) is 0 Å². The van der Waals surface area contributed by atoms with Crippen LogP contribution in [0, 0.1) is 0 Å². The van der Waals surface area contributed by atoms with Crippen LogP contribution in [0.3, 0.4) is 0 Å². The minimum Gasteiger partial charge on any atom is -0.508 e. The number of nitrogens with one attached hydrogen (secondary N) is 1. The molecule has 2 N–H and O–H groups in total. The molecule has 2 aliphatic heterocycles. The van der Waals surface area contributed by atoms with Gasteiger partial charge in [0, 0.05) is 38.0 Å². The summed E-state index contributed by atoms with van der Waals surface area (Å²) in [5.74, 6) is -0.721. The van der Waals surface area contributed by atoms with E-state index in [1.165, 1.54) is 0 Å². The maximum Gasteiger partial charge on any atom is 0.251 e. The van der Waals surface area contributed by atoms with E-state index in [0.717, 1.165) is 23.1 Å². The molecule has 0 bridgehead atoms. The van der Waals surface area contributed by atoms with Gasteiger partial charge in [-0.25, -0.2) is 10.0 Å². The van der Waals surface area contributed by atoms with Crippen LogP contribution >= 0.6 is 0 Å². The van der Waals surface area contributed by atoms with Gasteiger partial charge in [-0.3, -0.25) is 19.2 Å². The smallest absolute Gasteiger partial charge is 0.251 e. The summed E-state index contributed by atoms with van der Waals surface area (Å²) in [6.07, 6.45) is 2.71. The highest BCUT2D eigenvalue weighted by atomic mass is 16.3. The van der Waals surface area contributed by atoms with Crippen molar-refractivity contribution in [3.05, 3.63) is 114 Å². The Kier molecular flexibility index (Phi) is 10.5. The fourth-order valence-corrected chi connectivity index (χ4v) is 6.14. The van der Waals surface area contributed by atoms with Gasteiger partial charge in [-0.1, -0.05) is 67.6 Å². The Labute approximate surface area is 269 Å². The fraction of sp³-hybridized carbons (Fsp3) is 0.333. The molecule has 2 atom stereocenters. The van der Waals surface area contributed by atoms with Crippen LogP contribution < -0.4 is 5.32 Å². The molecule has 3 aromatic rings. The normalized spacial score (nSPS) is 18.3. The van der Waals surface area contributed by atoms with Gasteiger partial charge in [0.2, 0.25) is 17.7 Å². The Hall–Kier alpha value is -4.96. The van der Waals surface area contributed by atoms with Crippen molar-refractivity contribution in [2.75, 3.05) is 26.2 Å². The summed E-state index contributed by atoms with van der Waals surface area (Å²) in [4.78, 5) is 58.0. The first kappa shape index (κ1) is 32.4. The van der Waals surface area contributed by atoms with Gasteiger partial charge in [-0.05, 0) is 53.8 Å². The minimum atomic E-state index is -0.873. The first-order valence-electron chi connectivity index (χ1n) is 15.8. The lowest BCUT2D eigenvalue weighted by atomic mass is 9.97. The van der Waals surface area contributed by atoms with Crippen molar-refractivity contribution in [3.63, 3.8) is 0 Å². The number of rotatable bonds is 12. The molecule has 0 unspecified atom stereocenters. The molecule has 2 heterocycles. The van der Waals surface area contributed by atoms with Crippen LogP contribution in [0.4, 0.5) is 0 Å². The third kappa shape index (κ3) is 7.46. The first-order valence-corrected chi connectivity index (χ1v) is 15.8. The molecule has 10 heteroatoms. The molecular weight excluding hydrogens is 582 g/mol. The van der Waals surface area contributed by atoms with Crippen molar-refractivity contribution in [1.82, 2.24) is 25.1 Å². The van der Waals surface area contributed by atoms with Crippen LogP contribution in [0.2, 0.25) is 0 Å². The van der Waals surface area contributed by atoms with Crippen LogP contribution in [0.15, 0.2) is 91.5 Å². The topological polar surface area (TPSA) is 114 Å². The van der Waals surface area contributed by atoms with Gasteiger partial charge in [0.05, 0.1) is 13.1 Å². The highest BCUT2D eigenvalue weighted by molar-refractivity contribution is 5.94. The predicted molar refractivity (Wildman–Crippen MR) is 174 cm³/mol. The number of hydrogen-bond acceptors (Lipinski definition) is 6. The maximum absolute atomic E-state index is 14.2. The number of benzene rings is 3. The number of hydrogen-bond donors (Lipinski definition) is 2. The number of fused-ring (bicyclic) bond motifs is 1. The number of hydrazine groups is 1. The minimum absolute atomic E-state index is 0.0616. The predicted octanol–water partition coefficient (Wildman–Crippen LogP) is 3.52. The van der Waals surface area contributed by atoms with E-state index >= 15 is 0 Å². The van der Waals surface area contributed by atoms with Crippen molar-refractivity contribution in [2.45, 2.75) is 51.4 Å². The molecule has 0 aliphatic carbocycles. The van der Waals surface area contributed by atoms with E-state index in [0.29, 0.717) is 25.1 Å². The zero-order valence-electron chi connectivity index (χ0n) is 26.2. The number of aryl methyl sites for hydroxylation is 1. The van der Waals surface area contributed by atoms with Crippen molar-refractivity contribution < 1.29 is 24.3 Å². The molecule has 2 fully saturated rings. The SMILES string of the molecule is C=CCN1CC(=O)N2[C@@H](Cc3ccc(O)cc3)C(=O)N(Cc3cccc(C(=O)NCCC)c3)C[C@@H]2N1C(=O)CCc1ccccc1. The molecule has 5 rings (SSSR count). The van der Waals surface area contributed by atoms with Crippen molar-refractivity contribution in [2.24, 2.45) is 0 Å². The van der Waals surface area contributed by atoms with E-state index in [1.54, 1.807) is 68.4 Å². The number of piperazine rings is 1. The number of nitrogens with zero attached hydrogens (tertiary/aromatic N) is 4. The van der Waals surface area contributed by atoms with Crippen molar-refractivity contribution in [1.29, 1.82) is 0 Å². The van der Waals surface area contributed by atoms with Gasteiger partial charge in [0.25, 0.3) is 5.91 Å².